The first kappa shape index (κ1) is 15.3. The Labute approximate surface area is 127 Å². The summed E-state index contributed by atoms with van der Waals surface area (Å²) in [5.74, 6) is 0. The molecule has 1 aliphatic rings. The van der Waals surface area contributed by atoms with Crippen LogP contribution in [0.3, 0.4) is 0 Å². The fourth-order valence-electron chi connectivity index (χ4n) is 2.63. The Hall–Kier alpha value is -1.13. The van der Waals surface area contributed by atoms with Crippen molar-refractivity contribution >= 4 is 23.0 Å². The van der Waals surface area contributed by atoms with E-state index >= 15 is 0 Å². The number of benzene rings is 1. The third kappa shape index (κ3) is 3.49. The van der Waals surface area contributed by atoms with Crippen LogP contribution in [0.5, 0.6) is 0 Å². The minimum atomic E-state index is -0.0827. The third-order valence-electron chi connectivity index (χ3n) is 3.95. The number of nitrogens with one attached hydrogen (secondary N) is 2. The highest BCUT2D eigenvalue weighted by atomic mass is 32.1. The minimum Gasteiger partial charge on any atom is -0.342 e. The normalized spacial score (nSPS) is 22.1. The summed E-state index contributed by atoms with van der Waals surface area (Å²) in [7, 11) is 0. The summed E-state index contributed by atoms with van der Waals surface area (Å²) in [6.07, 6.45) is 7.23. The summed E-state index contributed by atoms with van der Waals surface area (Å²) < 4.78 is 0. The van der Waals surface area contributed by atoms with Crippen LogP contribution < -0.4 is 15.8 Å². The Morgan fingerprint density at radius 2 is 1.85 bits per heavy atom. The van der Waals surface area contributed by atoms with Crippen LogP contribution in [-0.2, 0) is 0 Å². The summed E-state index contributed by atoms with van der Waals surface area (Å²) in [6, 6.07) is 10.2. The first-order valence-corrected chi connectivity index (χ1v) is 8.07. The highest BCUT2D eigenvalue weighted by Gasteiger charge is 2.38. The molecule has 110 valence electrons. The van der Waals surface area contributed by atoms with E-state index in [1.807, 2.05) is 23.2 Å². The van der Waals surface area contributed by atoms with Crippen LogP contribution in [0, 0.1) is 0 Å². The number of hydrazine groups is 1. The lowest BCUT2D eigenvalue weighted by Crippen LogP contribution is -2.50. The maximum Gasteiger partial charge on any atom is 0.189 e. The Morgan fingerprint density at radius 1 is 1.10 bits per heavy atom. The van der Waals surface area contributed by atoms with Crippen LogP contribution in [0.25, 0.3) is 0 Å². The third-order valence-corrected chi connectivity index (χ3v) is 4.23. The van der Waals surface area contributed by atoms with Gasteiger partial charge in [0, 0.05) is 0 Å². The Kier molecular flexibility index (Phi) is 5.38. The molecule has 1 aromatic rings. The second-order valence-corrected chi connectivity index (χ2v) is 5.85. The average Bonchev–Trinajstić information content (AvgIpc) is 2.82. The second-order valence-electron chi connectivity index (χ2n) is 5.46. The smallest absolute Gasteiger partial charge is 0.189 e. The zero-order valence-corrected chi connectivity index (χ0v) is 13.3. The average molecular weight is 291 g/mol. The van der Waals surface area contributed by atoms with E-state index in [9.17, 15) is 0 Å². The zero-order valence-electron chi connectivity index (χ0n) is 12.5. The molecule has 1 fully saturated rings. The van der Waals surface area contributed by atoms with Crippen molar-refractivity contribution in [1.29, 1.82) is 0 Å². The van der Waals surface area contributed by atoms with Gasteiger partial charge in [0.2, 0.25) is 0 Å². The highest BCUT2D eigenvalue weighted by Crippen LogP contribution is 2.25. The number of rotatable bonds is 7. The van der Waals surface area contributed by atoms with Crippen LogP contribution in [0.15, 0.2) is 30.3 Å². The maximum absolute atomic E-state index is 5.49. The van der Waals surface area contributed by atoms with Gasteiger partial charge >= 0.3 is 0 Å². The van der Waals surface area contributed by atoms with Crippen molar-refractivity contribution in [1.82, 2.24) is 10.7 Å². The number of para-hydroxylation sites is 1. The molecule has 2 N–H and O–H groups in total. The molecular formula is C16H25N3S. The van der Waals surface area contributed by atoms with Crippen molar-refractivity contribution in [2.45, 2.75) is 58.0 Å². The monoisotopic (exact) mass is 291 g/mol. The summed E-state index contributed by atoms with van der Waals surface area (Å²) in [5.41, 5.74) is 4.59. The molecule has 0 aliphatic carbocycles. The number of hydrogen-bond donors (Lipinski definition) is 2. The molecule has 0 aromatic heterocycles. The molecule has 3 nitrogen and oxygen atoms in total. The van der Waals surface area contributed by atoms with Gasteiger partial charge in [-0.2, -0.15) is 0 Å². The largest absolute Gasteiger partial charge is 0.342 e. The fourth-order valence-corrected chi connectivity index (χ4v) is 2.97. The molecule has 20 heavy (non-hydrogen) atoms. The van der Waals surface area contributed by atoms with Gasteiger partial charge in [0.1, 0.15) is 5.66 Å². The summed E-state index contributed by atoms with van der Waals surface area (Å²) in [5, 5.41) is 6.26. The van der Waals surface area contributed by atoms with Gasteiger partial charge in [-0.15, -0.1) is 0 Å². The molecule has 1 heterocycles. The van der Waals surface area contributed by atoms with Crippen molar-refractivity contribution in [3.63, 3.8) is 0 Å². The van der Waals surface area contributed by atoms with E-state index < -0.39 is 0 Å². The van der Waals surface area contributed by atoms with Crippen molar-refractivity contribution in [2.75, 3.05) is 5.01 Å². The summed E-state index contributed by atoms with van der Waals surface area (Å²) >= 11 is 5.49. The van der Waals surface area contributed by atoms with Crippen molar-refractivity contribution in [3.8, 4) is 0 Å². The molecule has 0 radical (unpaired) electrons. The SMILES string of the molecule is CCCCCC[C@@]1(CC)NC(=S)N(c2ccccc2)N1. The maximum atomic E-state index is 5.49. The highest BCUT2D eigenvalue weighted by molar-refractivity contribution is 7.80. The van der Waals surface area contributed by atoms with Crippen LogP contribution in [-0.4, -0.2) is 10.8 Å². The van der Waals surface area contributed by atoms with Gasteiger partial charge in [0.25, 0.3) is 0 Å². The Balaban J connectivity index is 2.01. The van der Waals surface area contributed by atoms with E-state index in [1.54, 1.807) is 0 Å². The summed E-state index contributed by atoms with van der Waals surface area (Å²) in [6.45, 7) is 4.45. The minimum absolute atomic E-state index is 0.0827. The summed E-state index contributed by atoms with van der Waals surface area (Å²) in [4.78, 5) is 0. The number of unbranched alkanes of at least 4 members (excludes halogenated alkanes) is 3. The molecule has 0 spiro atoms. The standard InChI is InChI=1S/C16H25N3S/c1-3-5-6-10-13-16(4-2)17-15(20)19(18-16)14-11-8-7-9-12-14/h7-9,11-12,18H,3-6,10,13H2,1-2H3,(H,17,20)/t16-/m0/s1. The number of nitrogens with zero attached hydrogens (tertiary/aromatic N) is 1. The molecule has 1 saturated heterocycles. The van der Waals surface area contributed by atoms with Crippen LogP contribution in [0.1, 0.15) is 52.4 Å². The van der Waals surface area contributed by atoms with Gasteiger partial charge in [-0.05, 0) is 43.6 Å². The molecular weight excluding hydrogens is 266 g/mol. The predicted octanol–water partition coefficient (Wildman–Crippen LogP) is 3.96. The van der Waals surface area contributed by atoms with Gasteiger partial charge in [0.05, 0.1) is 5.69 Å². The predicted molar refractivity (Wildman–Crippen MR) is 89.6 cm³/mol. The number of anilines is 1. The Morgan fingerprint density at radius 3 is 2.50 bits per heavy atom. The molecule has 4 heteroatoms. The molecule has 0 amide bonds. The van der Waals surface area contributed by atoms with Crippen molar-refractivity contribution in [3.05, 3.63) is 30.3 Å². The number of hydrogen-bond acceptors (Lipinski definition) is 2. The lowest BCUT2D eigenvalue weighted by Gasteiger charge is -2.28. The van der Waals surface area contributed by atoms with Gasteiger partial charge in [0.15, 0.2) is 5.11 Å². The van der Waals surface area contributed by atoms with Crippen LogP contribution in [0.4, 0.5) is 5.69 Å². The van der Waals surface area contributed by atoms with Crippen LogP contribution >= 0.6 is 12.2 Å². The van der Waals surface area contributed by atoms with E-state index in [0.29, 0.717) is 0 Å². The van der Waals surface area contributed by atoms with Gasteiger partial charge in [-0.3, -0.25) is 5.01 Å². The quantitative estimate of drug-likeness (QED) is 0.587. The van der Waals surface area contributed by atoms with Crippen LogP contribution in [0.2, 0.25) is 0 Å². The van der Waals surface area contributed by atoms with Gasteiger partial charge in [-0.1, -0.05) is 51.3 Å². The van der Waals surface area contributed by atoms with E-state index in [4.69, 9.17) is 12.2 Å². The van der Waals surface area contributed by atoms with E-state index in [2.05, 4.69) is 36.7 Å². The van der Waals surface area contributed by atoms with E-state index in [-0.39, 0.29) is 5.66 Å². The fraction of sp³-hybridized carbons (Fsp3) is 0.562. The molecule has 1 atom stereocenters. The first-order valence-electron chi connectivity index (χ1n) is 7.66. The van der Waals surface area contributed by atoms with Gasteiger partial charge in [-0.25, -0.2) is 5.43 Å². The lowest BCUT2D eigenvalue weighted by molar-refractivity contribution is 0.291. The van der Waals surface area contributed by atoms with Crippen molar-refractivity contribution < 1.29 is 0 Å². The molecule has 0 bridgehead atoms. The van der Waals surface area contributed by atoms with E-state index in [0.717, 1.165) is 23.6 Å². The lowest BCUT2D eigenvalue weighted by atomic mass is 9.99. The molecule has 0 unspecified atom stereocenters. The number of thiocarbonyl (C=S) groups is 1. The zero-order chi connectivity index (χ0) is 14.4. The van der Waals surface area contributed by atoms with E-state index in [1.165, 1.54) is 25.7 Å². The molecule has 2 rings (SSSR count). The van der Waals surface area contributed by atoms with Crippen molar-refractivity contribution in [2.24, 2.45) is 0 Å². The topological polar surface area (TPSA) is 27.3 Å². The van der Waals surface area contributed by atoms with Gasteiger partial charge < -0.3 is 5.32 Å². The second kappa shape index (κ2) is 7.04. The molecule has 1 aromatic carbocycles. The molecule has 0 saturated carbocycles. The Bertz CT molecular complexity index is 435. The first-order chi connectivity index (χ1) is 9.71. The molecule has 1 aliphatic heterocycles.